The number of hydrogen-bond acceptors (Lipinski definition) is 5. The average molecular weight is 363 g/mol. The van der Waals surface area contributed by atoms with E-state index in [-0.39, 0.29) is 0 Å². The van der Waals surface area contributed by atoms with Crippen molar-refractivity contribution >= 4 is 23.2 Å². The first-order chi connectivity index (χ1) is 12.0. The molecule has 7 heteroatoms. The second-order valence-corrected chi connectivity index (χ2v) is 5.50. The first kappa shape index (κ1) is 18.6. The Hall–Kier alpha value is -2.73. The molecule has 0 radical (unpaired) electrons. The van der Waals surface area contributed by atoms with Crippen molar-refractivity contribution in [3.63, 3.8) is 0 Å². The predicted octanol–water partition coefficient (Wildman–Crippen LogP) is 3.52. The molecule has 2 rings (SSSR count). The maximum Gasteiger partial charge on any atom is 0.271 e. The number of carbonyl (C=O) groups is 1. The van der Waals surface area contributed by atoms with Gasteiger partial charge >= 0.3 is 0 Å². The fraction of sp³-hybridized carbons (Fsp3) is 0.222. The second kappa shape index (κ2) is 8.39. The number of methoxy groups -OCH3 is 3. The Morgan fingerprint density at radius 1 is 1.00 bits per heavy atom. The Morgan fingerprint density at radius 3 is 2.16 bits per heavy atom. The molecule has 0 atom stereocenters. The Labute approximate surface area is 151 Å². The molecule has 0 aliphatic rings. The maximum atomic E-state index is 12.4. The number of nitrogens with one attached hydrogen (secondary N) is 1. The molecule has 0 aliphatic carbocycles. The number of halogens is 1. The van der Waals surface area contributed by atoms with Gasteiger partial charge in [-0.1, -0.05) is 23.7 Å². The molecule has 0 aliphatic heterocycles. The number of ether oxygens (including phenoxy) is 3. The van der Waals surface area contributed by atoms with Crippen LogP contribution in [0.4, 0.5) is 0 Å². The van der Waals surface area contributed by atoms with Crippen molar-refractivity contribution in [2.75, 3.05) is 21.3 Å². The largest absolute Gasteiger partial charge is 0.493 e. The van der Waals surface area contributed by atoms with E-state index >= 15 is 0 Å². The van der Waals surface area contributed by atoms with Gasteiger partial charge in [0.1, 0.15) is 0 Å². The molecule has 25 heavy (non-hydrogen) atoms. The summed E-state index contributed by atoms with van der Waals surface area (Å²) in [6, 6.07) is 10.3. The number of rotatable bonds is 6. The Morgan fingerprint density at radius 2 is 1.64 bits per heavy atom. The highest BCUT2D eigenvalue weighted by Crippen LogP contribution is 2.38. The SMILES string of the molecule is COc1cc(C(=O)N/N=C(/C)c2cccc(Cl)c2)cc(OC)c1OC. The van der Waals surface area contributed by atoms with E-state index in [1.807, 2.05) is 12.1 Å². The monoisotopic (exact) mass is 362 g/mol. The molecule has 0 bridgehead atoms. The van der Waals surface area contributed by atoms with Crippen molar-refractivity contribution in [1.29, 1.82) is 0 Å². The lowest BCUT2D eigenvalue weighted by Gasteiger charge is -2.13. The van der Waals surface area contributed by atoms with Crippen molar-refractivity contribution in [2.24, 2.45) is 5.10 Å². The van der Waals surface area contributed by atoms with Gasteiger partial charge in [0.05, 0.1) is 27.0 Å². The summed E-state index contributed by atoms with van der Waals surface area (Å²) in [5.41, 5.74) is 4.29. The lowest BCUT2D eigenvalue weighted by molar-refractivity contribution is 0.0954. The summed E-state index contributed by atoms with van der Waals surface area (Å²) >= 11 is 5.96. The first-order valence-corrected chi connectivity index (χ1v) is 7.78. The average Bonchev–Trinajstić information content (AvgIpc) is 2.64. The van der Waals surface area contributed by atoms with Gasteiger partial charge in [-0.05, 0) is 36.8 Å². The molecular formula is C18H19ClN2O4. The van der Waals surface area contributed by atoms with E-state index in [1.165, 1.54) is 21.3 Å². The highest BCUT2D eigenvalue weighted by Gasteiger charge is 2.16. The van der Waals surface area contributed by atoms with Crippen LogP contribution in [0.25, 0.3) is 0 Å². The van der Waals surface area contributed by atoms with Crippen LogP contribution in [0.15, 0.2) is 41.5 Å². The van der Waals surface area contributed by atoms with Crippen molar-refractivity contribution in [1.82, 2.24) is 5.43 Å². The van der Waals surface area contributed by atoms with Crippen molar-refractivity contribution in [3.05, 3.63) is 52.5 Å². The van der Waals surface area contributed by atoms with Gasteiger partial charge in [-0.15, -0.1) is 0 Å². The molecule has 2 aromatic carbocycles. The van der Waals surface area contributed by atoms with Gasteiger partial charge < -0.3 is 14.2 Å². The molecular weight excluding hydrogens is 344 g/mol. The summed E-state index contributed by atoms with van der Waals surface area (Å²) in [7, 11) is 4.47. The lowest BCUT2D eigenvalue weighted by atomic mass is 10.1. The van der Waals surface area contributed by atoms with Crippen LogP contribution in [-0.2, 0) is 0 Å². The molecule has 0 spiro atoms. The van der Waals surface area contributed by atoms with Crippen LogP contribution >= 0.6 is 11.6 Å². The number of amides is 1. The Bertz CT molecular complexity index is 780. The van der Waals surface area contributed by atoms with Crippen LogP contribution in [0.1, 0.15) is 22.8 Å². The summed E-state index contributed by atoms with van der Waals surface area (Å²) < 4.78 is 15.7. The van der Waals surface area contributed by atoms with Crippen LogP contribution < -0.4 is 19.6 Å². The minimum atomic E-state index is -0.402. The number of hydrazone groups is 1. The number of benzene rings is 2. The van der Waals surface area contributed by atoms with Gasteiger partial charge in [0.2, 0.25) is 5.75 Å². The molecule has 0 fully saturated rings. The second-order valence-electron chi connectivity index (χ2n) is 5.06. The molecule has 132 valence electrons. The summed E-state index contributed by atoms with van der Waals surface area (Å²) in [6.45, 7) is 1.78. The normalized spacial score (nSPS) is 11.0. The van der Waals surface area contributed by atoms with E-state index in [9.17, 15) is 4.79 Å². The van der Waals surface area contributed by atoms with Gasteiger partial charge in [-0.3, -0.25) is 4.79 Å². The zero-order valence-electron chi connectivity index (χ0n) is 14.4. The van der Waals surface area contributed by atoms with E-state index in [1.54, 1.807) is 31.2 Å². The Balaban J connectivity index is 2.24. The summed E-state index contributed by atoms with van der Waals surface area (Å²) in [5, 5.41) is 4.71. The third kappa shape index (κ3) is 4.42. The molecule has 0 saturated carbocycles. The van der Waals surface area contributed by atoms with Crippen molar-refractivity contribution in [3.8, 4) is 17.2 Å². The van der Waals surface area contributed by atoms with E-state index in [0.717, 1.165) is 5.56 Å². The minimum Gasteiger partial charge on any atom is -0.493 e. The van der Waals surface area contributed by atoms with E-state index in [2.05, 4.69) is 10.5 Å². The van der Waals surface area contributed by atoms with Gasteiger partial charge in [-0.25, -0.2) is 5.43 Å². The number of hydrogen-bond donors (Lipinski definition) is 1. The third-order valence-electron chi connectivity index (χ3n) is 3.49. The van der Waals surface area contributed by atoms with Crippen LogP contribution in [-0.4, -0.2) is 32.9 Å². The maximum absolute atomic E-state index is 12.4. The summed E-state index contributed by atoms with van der Waals surface area (Å²) in [5.74, 6) is 0.797. The van der Waals surface area contributed by atoms with Crippen molar-refractivity contribution < 1.29 is 19.0 Å². The number of carbonyl (C=O) groups excluding carboxylic acids is 1. The molecule has 0 heterocycles. The zero-order valence-corrected chi connectivity index (χ0v) is 15.2. The molecule has 0 unspecified atom stereocenters. The van der Waals surface area contributed by atoms with E-state index in [4.69, 9.17) is 25.8 Å². The fourth-order valence-corrected chi connectivity index (χ4v) is 2.38. The molecule has 6 nitrogen and oxygen atoms in total. The van der Waals surface area contributed by atoms with E-state index in [0.29, 0.717) is 33.5 Å². The van der Waals surface area contributed by atoms with Crippen LogP contribution in [0.3, 0.4) is 0 Å². The van der Waals surface area contributed by atoms with E-state index < -0.39 is 5.91 Å². The molecule has 2 aromatic rings. The standard InChI is InChI=1S/C18H19ClN2O4/c1-11(12-6-5-7-14(19)8-12)20-21-18(22)13-9-15(23-2)17(25-4)16(10-13)24-3/h5-10H,1-4H3,(H,21,22)/b20-11-. The molecule has 0 saturated heterocycles. The topological polar surface area (TPSA) is 69.2 Å². The Kier molecular flexibility index (Phi) is 6.25. The van der Waals surface area contributed by atoms with Gasteiger partial charge in [0.15, 0.2) is 11.5 Å². The highest BCUT2D eigenvalue weighted by molar-refractivity contribution is 6.31. The zero-order chi connectivity index (χ0) is 18.4. The lowest BCUT2D eigenvalue weighted by Crippen LogP contribution is -2.19. The first-order valence-electron chi connectivity index (χ1n) is 7.40. The smallest absolute Gasteiger partial charge is 0.271 e. The summed E-state index contributed by atoms with van der Waals surface area (Å²) in [6.07, 6.45) is 0. The minimum absolute atomic E-state index is 0.331. The van der Waals surface area contributed by atoms with Crippen molar-refractivity contribution in [2.45, 2.75) is 6.92 Å². The third-order valence-corrected chi connectivity index (χ3v) is 3.73. The van der Waals surface area contributed by atoms with Gasteiger partial charge in [-0.2, -0.15) is 5.10 Å². The quantitative estimate of drug-likeness (QED) is 0.630. The highest BCUT2D eigenvalue weighted by atomic mass is 35.5. The van der Waals surface area contributed by atoms with Crippen LogP contribution in [0, 0.1) is 0 Å². The molecule has 1 amide bonds. The fourth-order valence-electron chi connectivity index (χ4n) is 2.19. The predicted molar refractivity (Wildman–Crippen MR) is 97.2 cm³/mol. The number of nitrogens with zero attached hydrogens (tertiary/aromatic N) is 1. The van der Waals surface area contributed by atoms with Gasteiger partial charge in [0, 0.05) is 10.6 Å². The van der Waals surface area contributed by atoms with Gasteiger partial charge in [0.25, 0.3) is 5.91 Å². The molecule has 1 N–H and O–H groups in total. The molecule has 0 aromatic heterocycles. The van der Waals surface area contributed by atoms with Crippen LogP contribution in [0.2, 0.25) is 5.02 Å². The summed E-state index contributed by atoms with van der Waals surface area (Å²) in [4.78, 5) is 12.4. The van der Waals surface area contributed by atoms with Crippen LogP contribution in [0.5, 0.6) is 17.2 Å².